The van der Waals surface area contributed by atoms with E-state index in [0.29, 0.717) is 5.92 Å². The quantitative estimate of drug-likeness (QED) is 0.904. The third-order valence-corrected chi connectivity index (χ3v) is 3.15. The second-order valence-electron chi connectivity index (χ2n) is 4.07. The zero-order valence-electron chi connectivity index (χ0n) is 8.60. The van der Waals surface area contributed by atoms with Gasteiger partial charge in [-0.25, -0.2) is 9.97 Å². The Morgan fingerprint density at radius 3 is 2.73 bits per heavy atom. The van der Waals surface area contributed by atoms with Crippen molar-refractivity contribution in [2.24, 2.45) is 5.92 Å². The number of aliphatic hydroxyl groups is 1. The Morgan fingerprint density at radius 1 is 1.47 bits per heavy atom. The number of aromatic nitrogens is 2. The maximum Gasteiger partial charge on any atom is 0.146 e. The highest BCUT2D eigenvalue weighted by molar-refractivity contribution is 9.10. The van der Waals surface area contributed by atoms with Gasteiger partial charge in [0.1, 0.15) is 10.4 Å². The number of halogens is 1. The predicted octanol–water partition coefficient (Wildman–Crippen LogP) is 1.45. The molecule has 4 nitrogen and oxygen atoms in total. The molecule has 0 unspecified atom stereocenters. The molecule has 1 N–H and O–H groups in total. The van der Waals surface area contributed by atoms with Gasteiger partial charge in [0.05, 0.1) is 18.5 Å². The molecule has 1 aliphatic rings. The van der Waals surface area contributed by atoms with Crippen LogP contribution in [0.2, 0.25) is 0 Å². The minimum atomic E-state index is -0.0839. The number of nitrogens with zero attached hydrogens (tertiary/aromatic N) is 3. The molecule has 1 fully saturated rings. The molecule has 0 bridgehead atoms. The van der Waals surface area contributed by atoms with Gasteiger partial charge >= 0.3 is 0 Å². The van der Waals surface area contributed by atoms with Gasteiger partial charge in [-0.3, -0.25) is 0 Å². The Hall–Kier alpha value is -0.680. The van der Waals surface area contributed by atoms with Crippen molar-refractivity contribution in [1.82, 2.24) is 9.97 Å². The van der Waals surface area contributed by atoms with Gasteiger partial charge in [-0.1, -0.05) is 0 Å². The second-order valence-corrected chi connectivity index (χ2v) is 4.88. The molecule has 0 aliphatic heterocycles. The van der Waals surface area contributed by atoms with Crippen LogP contribution in [0.5, 0.6) is 0 Å². The summed E-state index contributed by atoms with van der Waals surface area (Å²) in [5, 5.41) is 9.19. The van der Waals surface area contributed by atoms with Crippen LogP contribution in [0.25, 0.3) is 0 Å². The molecule has 1 saturated carbocycles. The van der Waals surface area contributed by atoms with Gasteiger partial charge in [-0.2, -0.15) is 0 Å². The summed E-state index contributed by atoms with van der Waals surface area (Å²) in [6, 6.07) is 0. The molecule has 0 saturated heterocycles. The van der Waals surface area contributed by atoms with E-state index in [2.05, 4.69) is 30.8 Å². The maximum atomic E-state index is 9.19. The Balaban J connectivity index is 1.90. The smallest absolute Gasteiger partial charge is 0.146 e. The number of anilines is 1. The zero-order chi connectivity index (χ0) is 10.8. The van der Waals surface area contributed by atoms with E-state index < -0.39 is 0 Å². The highest BCUT2D eigenvalue weighted by Crippen LogP contribution is 2.28. The van der Waals surface area contributed by atoms with Gasteiger partial charge in [0.15, 0.2) is 0 Å². The van der Waals surface area contributed by atoms with Crippen molar-refractivity contribution in [3.8, 4) is 0 Å². The van der Waals surface area contributed by atoms with Gasteiger partial charge in [-0.15, -0.1) is 0 Å². The molecule has 1 heterocycles. The van der Waals surface area contributed by atoms with Crippen molar-refractivity contribution >= 4 is 21.7 Å². The van der Waals surface area contributed by atoms with E-state index in [1.165, 1.54) is 0 Å². The fourth-order valence-corrected chi connectivity index (χ4v) is 2.04. The van der Waals surface area contributed by atoms with Crippen molar-refractivity contribution < 1.29 is 5.11 Å². The van der Waals surface area contributed by atoms with E-state index in [4.69, 9.17) is 0 Å². The lowest BCUT2D eigenvalue weighted by Crippen LogP contribution is -2.37. The monoisotopic (exact) mass is 271 g/mol. The van der Waals surface area contributed by atoms with Crippen LogP contribution in [-0.2, 0) is 0 Å². The summed E-state index contributed by atoms with van der Waals surface area (Å²) in [5.74, 6) is 1.47. The van der Waals surface area contributed by atoms with E-state index in [9.17, 15) is 5.11 Å². The van der Waals surface area contributed by atoms with E-state index in [1.54, 1.807) is 12.4 Å². The van der Waals surface area contributed by atoms with Crippen molar-refractivity contribution in [1.29, 1.82) is 0 Å². The number of aliphatic hydroxyl groups excluding tert-OH is 1. The van der Waals surface area contributed by atoms with Gasteiger partial charge in [0.2, 0.25) is 0 Å². The molecule has 0 radical (unpaired) electrons. The normalized spacial score (nSPS) is 24.7. The summed E-state index contributed by atoms with van der Waals surface area (Å²) in [7, 11) is 2.00. The molecular weight excluding hydrogens is 258 g/mol. The van der Waals surface area contributed by atoms with Crippen LogP contribution >= 0.6 is 15.9 Å². The molecule has 1 aromatic heterocycles. The molecule has 0 amide bonds. The van der Waals surface area contributed by atoms with Crippen LogP contribution in [0, 0.1) is 5.92 Å². The molecule has 0 spiro atoms. The summed E-state index contributed by atoms with van der Waals surface area (Å²) < 4.78 is 0.749. The summed E-state index contributed by atoms with van der Waals surface area (Å²) >= 11 is 3.25. The third kappa shape index (κ3) is 2.66. The first-order valence-electron chi connectivity index (χ1n) is 5.02. The Bertz CT molecular complexity index is 324. The lowest BCUT2D eigenvalue weighted by atomic mass is 9.82. The highest BCUT2D eigenvalue weighted by Gasteiger charge is 2.28. The van der Waals surface area contributed by atoms with E-state index in [0.717, 1.165) is 29.8 Å². The minimum absolute atomic E-state index is 0.0839. The molecule has 5 heteroatoms. The van der Waals surface area contributed by atoms with Crippen molar-refractivity contribution in [3.05, 3.63) is 17.0 Å². The molecular formula is C10H14BrN3O. The molecule has 0 atom stereocenters. The largest absolute Gasteiger partial charge is 0.393 e. The van der Waals surface area contributed by atoms with Crippen molar-refractivity contribution in [3.63, 3.8) is 0 Å². The molecule has 82 valence electrons. The van der Waals surface area contributed by atoms with Crippen LogP contribution in [0.3, 0.4) is 0 Å². The zero-order valence-corrected chi connectivity index (χ0v) is 10.2. The SMILES string of the molecule is CN(CC1CC(O)C1)c1cnc(Br)cn1. The van der Waals surface area contributed by atoms with Crippen LogP contribution in [0.4, 0.5) is 5.82 Å². The predicted molar refractivity (Wildman–Crippen MR) is 61.7 cm³/mol. The molecule has 1 aliphatic carbocycles. The average Bonchev–Trinajstić information content (AvgIpc) is 2.16. The van der Waals surface area contributed by atoms with Crippen LogP contribution in [0.1, 0.15) is 12.8 Å². The standard InChI is InChI=1S/C10H14BrN3O/c1-14(6-7-2-8(15)3-7)10-5-12-9(11)4-13-10/h4-5,7-8,15H,2-3,6H2,1H3. The van der Waals surface area contributed by atoms with Crippen LogP contribution < -0.4 is 4.90 Å². The van der Waals surface area contributed by atoms with E-state index in [1.807, 2.05) is 7.05 Å². The van der Waals surface area contributed by atoms with Crippen LogP contribution in [-0.4, -0.2) is 34.8 Å². The lowest BCUT2D eigenvalue weighted by molar-refractivity contribution is 0.0464. The fourth-order valence-electron chi connectivity index (χ4n) is 1.83. The molecule has 1 aromatic rings. The minimum Gasteiger partial charge on any atom is -0.393 e. The first-order chi connectivity index (χ1) is 7.15. The van der Waals surface area contributed by atoms with E-state index >= 15 is 0 Å². The van der Waals surface area contributed by atoms with Gasteiger partial charge in [0.25, 0.3) is 0 Å². The van der Waals surface area contributed by atoms with Gasteiger partial charge in [0, 0.05) is 13.6 Å². The maximum absolute atomic E-state index is 9.19. The second kappa shape index (κ2) is 4.45. The number of hydrogen-bond donors (Lipinski definition) is 1. The van der Waals surface area contributed by atoms with Crippen molar-refractivity contribution in [2.45, 2.75) is 18.9 Å². The number of hydrogen-bond acceptors (Lipinski definition) is 4. The topological polar surface area (TPSA) is 49.2 Å². The first kappa shape index (κ1) is 10.8. The summed E-state index contributed by atoms with van der Waals surface area (Å²) in [6.45, 7) is 0.938. The molecule has 15 heavy (non-hydrogen) atoms. The summed E-state index contributed by atoms with van der Waals surface area (Å²) in [4.78, 5) is 10.5. The average molecular weight is 272 g/mol. The lowest BCUT2D eigenvalue weighted by Gasteiger charge is -2.34. The summed E-state index contributed by atoms with van der Waals surface area (Å²) in [6.07, 6.45) is 5.18. The Kier molecular flexibility index (Phi) is 3.21. The Morgan fingerprint density at radius 2 is 2.20 bits per heavy atom. The highest BCUT2D eigenvalue weighted by atomic mass is 79.9. The van der Waals surface area contributed by atoms with Gasteiger partial charge in [-0.05, 0) is 34.7 Å². The fraction of sp³-hybridized carbons (Fsp3) is 0.600. The summed E-state index contributed by atoms with van der Waals surface area (Å²) in [5.41, 5.74) is 0. The number of rotatable bonds is 3. The molecule has 2 rings (SSSR count). The van der Waals surface area contributed by atoms with E-state index in [-0.39, 0.29) is 6.10 Å². The molecule has 0 aromatic carbocycles. The van der Waals surface area contributed by atoms with Gasteiger partial charge < -0.3 is 10.0 Å². The van der Waals surface area contributed by atoms with Crippen molar-refractivity contribution in [2.75, 3.05) is 18.5 Å². The third-order valence-electron chi connectivity index (χ3n) is 2.74. The Labute approximate surface area is 97.5 Å². The first-order valence-corrected chi connectivity index (χ1v) is 5.81. The van der Waals surface area contributed by atoms with Crippen LogP contribution in [0.15, 0.2) is 17.0 Å².